The Labute approximate surface area is 124 Å². The Bertz CT molecular complexity index is 479. The first-order chi connectivity index (χ1) is 10.2. The molecular formula is C15H22N2O4. The lowest BCUT2D eigenvalue weighted by atomic mass is 10.1. The highest BCUT2D eigenvalue weighted by atomic mass is 16.6. The highest BCUT2D eigenvalue weighted by molar-refractivity contribution is 5.81. The maximum absolute atomic E-state index is 11.8. The van der Waals surface area contributed by atoms with Crippen molar-refractivity contribution in [3.05, 3.63) is 23.8 Å². The smallest absolute Gasteiger partial charge is 0.236 e. The van der Waals surface area contributed by atoms with Crippen LogP contribution < -0.4 is 20.1 Å². The van der Waals surface area contributed by atoms with Gasteiger partial charge < -0.3 is 24.8 Å². The van der Waals surface area contributed by atoms with E-state index in [4.69, 9.17) is 14.2 Å². The first-order valence-electron chi connectivity index (χ1n) is 7.10. The molecule has 0 saturated carbocycles. The molecule has 1 aromatic rings. The van der Waals surface area contributed by atoms with E-state index >= 15 is 0 Å². The summed E-state index contributed by atoms with van der Waals surface area (Å²) < 4.78 is 16.1. The van der Waals surface area contributed by atoms with Crippen LogP contribution in [0.5, 0.6) is 11.5 Å². The van der Waals surface area contributed by atoms with Crippen molar-refractivity contribution in [2.24, 2.45) is 0 Å². The molecule has 1 aliphatic heterocycles. The van der Waals surface area contributed by atoms with E-state index in [0.29, 0.717) is 32.9 Å². The van der Waals surface area contributed by atoms with Crippen molar-refractivity contribution in [3.63, 3.8) is 0 Å². The lowest BCUT2D eigenvalue weighted by molar-refractivity contribution is -0.123. The van der Waals surface area contributed by atoms with E-state index in [9.17, 15) is 4.79 Å². The monoisotopic (exact) mass is 294 g/mol. The van der Waals surface area contributed by atoms with Gasteiger partial charge in [-0.15, -0.1) is 0 Å². The third-order valence-corrected chi connectivity index (χ3v) is 3.25. The Balaban J connectivity index is 1.86. The number of hydrogen-bond acceptors (Lipinski definition) is 5. The van der Waals surface area contributed by atoms with Crippen LogP contribution in [0.15, 0.2) is 18.2 Å². The van der Waals surface area contributed by atoms with E-state index in [-0.39, 0.29) is 11.9 Å². The molecule has 6 nitrogen and oxygen atoms in total. The molecule has 21 heavy (non-hydrogen) atoms. The van der Waals surface area contributed by atoms with Crippen LogP contribution in [0.1, 0.15) is 12.5 Å². The summed E-state index contributed by atoms with van der Waals surface area (Å²) in [7, 11) is 1.61. The summed E-state index contributed by atoms with van der Waals surface area (Å²) in [4.78, 5) is 11.8. The standard InChI is InChI=1S/C15H22N2O4/c1-11(15(18)16-6-7-19-2)17-10-12-4-3-5-13-14(12)21-9-8-20-13/h3-5,11,17H,6-10H2,1-2H3,(H,16,18). The quantitative estimate of drug-likeness (QED) is 0.725. The van der Waals surface area contributed by atoms with Crippen LogP contribution >= 0.6 is 0 Å². The van der Waals surface area contributed by atoms with Crippen molar-refractivity contribution in [2.75, 3.05) is 33.5 Å². The number of nitrogens with one attached hydrogen (secondary N) is 2. The van der Waals surface area contributed by atoms with E-state index in [1.165, 1.54) is 0 Å². The fraction of sp³-hybridized carbons (Fsp3) is 0.533. The van der Waals surface area contributed by atoms with Gasteiger partial charge >= 0.3 is 0 Å². The highest BCUT2D eigenvalue weighted by Crippen LogP contribution is 2.33. The third-order valence-electron chi connectivity index (χ3n) is 3.25. The van der Waals surface area contributed by atoms with Crippen LogP contribution in [-0.4, -0.2) is 45.4 Å². The fourth-order valence-electron chi connectivity index (χ4n) is 2.06. The molecule has 0 spiro atoms. The lowest BCUT2D eigenvalue weighted by Crippen LogP contribution is -2.42. The van der Waals surface area contributed by atoms with Crippen LogP contribution in [0, 0.1) is 0 Å². The summed E-state index contributed by atoms with van der Waals surface area (Å²) in [6, 6.07) is 5.49. The molecule has 0 aliphatic carbocycles. The van der Waals surface area contributed by atoms with Gasteiger partial charge in [-0.1, -0.05) is 12.1 Å². The predicted molar refractivity (Wildman–Crippen MR) is 78.6 cm³/mol. The Morgan fingerprint density at radius 1 is 1.38 bits per heavy atom. The molecule has 0 saturated heterocycles. The van der Waals surface area contributed by atoms with Gasteiger partial charge in [0.15, 0.2) is 11.5 Å². The van der Waals surface area contributed by atoms with Gasteiger partial charge in [-0.2, -0.15) is 0 Å². The van der Waals surface area contributed by atoms with Crippen molar-refractivity contribution >= 4 is 5.91 Å². The van der Waals surface area contributed by atoms with E-state index in [1.54, 1.807) is 7.11 Å². The molecular weight excluding hydrogens is 272 g/mol. The maximum atomic E-state index is 11.8. The number of para-hydroxylation sites is 1. The molecule has 0 fully saturated rings. The second-order valence-corrected chi connectivity index (χ2v) is 4.83. The Kier molecular flexibility index (Phi) is 5.83. The third kappa shape index (κ3) is 4.34. The lowest BCUT2D eigenvalue weighted by Gasteiger charge is -2.22. The summed E-state index contributed by atoms with van der Waals surface area (Å²) >= 11 is 0. The molecule has 1 unspecified atom stereocenters. The van der Waals surface area contributed by atoms with Gasteiger partial charge in [0, 0.05) is 25.8 Å². The number of fused-ring (bicyclic) bond motifs is 1. The molecule has 2 N–H and O–H groups in total. The van der Waals surface area contributed by atoms with Gasteiger partial charge in [0.2, 0.25) is 5.91 Å². The van der Waals surface area contributed by atoms with Crippen LogP contribution in [0.2, 0.25) is 0 Å². The van der Waals surface area contributed by atoms with E-state index in [1.807, 2.05) is 25.1 Å². The maximum Gasteiger partial charge on any atom is 0.236 e. The van der Waals surface area contributed by atoms with Crippen LogP contribution in [0.4, 0.5) is 0 Å². The summed E-state index contributed by atoms with van der Waals surface area (Å²) in [5.74, 6) is 1.48. The second-order valence-electron chi connectivity index (χ2n) is 4.83. The molecule has 1 amide bonds. The number of methoxy groups -OCH3 is 1. The molecule has 0 aromatic heterocycles. The molecule has 0 bridgehead atoms. The molecule has 1 aliphatic rings. The number of hydrogen-bond donors (Lipinski definition) is 2. The largest absolute Gasteiger partial charge is 0.486 e. The number of amides is 1. The van der Waals surface area contributed by atoms with Crippen molar-refractivity contribution in [1.82, 2.24) is 10.6 Å². The topological polar surface area (TPSA) is 68.8 Å². The van der Waals surface area contributed by atoms with Crippen LogP contribution in [-0.2, 0) is 16.1 Å². The zero-order valence-electron chi connectivity index (χ0n) is 12.5. The molecule has 116 valence electrons. The number of rotatable bonds is 7. The zero-order chi connectivity index (χ0) is 15.1. The number of benzene rings is 1. The summed E-state index contributed by atoms with van der Waals surface area (Å²) in [5, 5.41) is 5.99. The molecule has 6 heteroatoms. The van der Waals surface area contributed by atoms with Gasteiger partial charge in [-0.3, -0.25) is 4.79 Å². The Morgan fingerprint density at radius 3 is 3.00 bits per heavy atom. The van der Waals surface area contributed by atoms with Crippen molar-refractivity contribution in [3.8, 4) is 11.5 Å². The minimum Gasteiger partial charge on any atom is -0.486 e. The first-order valence-corrected chi connectivity index (χ1v) is 7.10. The van der Waals surface area contributed by atoms with Crippen LogP contribution in [0.25, 0.3) is 0 Å². The molecule has 0 radical (unpaired) electrons. The second kappa shape index (κ2) is 7.85. The first kappa shape index (κ1) is 15.6. The normalized spacial score (nSPS) is 14.6. The number of carbonyl (C=O) groups is 1. The summed E-state index contributed by atoms with van der Waals surface area (Å²) in [6.07, 6.45) is 0. The van der Waals surface area contributed by atoms with Crippen molar-refractivity contribution in [1.29, 1.82) is 0 Å². The minimum atomic E-state index is -0.290. The van der Waals surface area contributed by atoms with E-state index in [0.717, 1.165) is 17.1 Å². The van der Waals surface area contributed by atoms with Gasteiger partial charge in [0.05, 0.1) is 12.6 Å². The van der Waals surface area contributed by atoms with Gasteiger partial charge in [-0.25, -0.2) is 0 Å². The number of carbonyl (C=O) groups excluding carboxylic acids is 1. The summed E-state index contributed by atoms with van der Waals surface area (Å²) in [6.45, 7) is 4.52. The molecule has 1 aromatic carbocycles. The molecule has 2 rings (SSSR count). The predicted octanol–water partition coefficient (Wildman–Crippen LogP) is 0.699. The average Bonchev–Trinajstić information content (AvgIpc) is 2.52. The molecule has 1 atom stereocenters. The number of ether oxygens (including phenoxy) is 3. The van der Waals surface area contributed by atoms with Crippen molar-refractivity contribution < 1.29 is 19.0 Å². The SMILES string of the molecule is COCCNC(=O)C(C)NCc1cccc2c1OCCO2. The van der Waals surface area contributed by atoms with Gasteiger partial charge in [0.1, 0.15) is 13.2 Å². The summed E-state index contributed by atoms with van der Waals surface area (Å²) in [5.41, 5.74) is 0.990. The van der Waals surface area contributed by atoms with Gasteiger partial charge in [-0.05, 0) is 13.0 Å². The van der Waals surface area contributed by atoms with Gasteiger partial charge in [0.25, 0.3) is 0 Å². The highest BCUT2D eigenvalue weighted by Gasteiger charge is 2.17. The average molecular weight is 294 g/mol. The van der Waals surface area contributed by atoms with E-state index < -0.39 is 0 Å². The Morgan fingerprint density at radius 2 is 2.19 bits per heavy atom. The molecule has 1 heterocycles. The minimum absolute atomic E-state index is 0.0472. The fourth-order valence-corrected chi connectivity index (χ4v) is 2.06. The Hall–Kier alpha value is -1.79. The van der Waals surface area contributed by atoms with E-state index in [2.05, 4.69) is 10.6 Å². The van der Waals surface area contributed by atoms with Crippen LogP contribution in [0.3, 0.4) is 0 Å². The zero-order valence-corrected chi connectivity index (χ0v) is 12.5. The van der Waals surface area contributed by atoms with Crippen molar-refractivity contribution in [2.45, 2.75) is 19.5 Å².